The lowest BCUT2D eigenvalue weighted by atomic mass is 10.0. The second-order valence-electron chi connectivity index (χ2n) is 6.10. The molecule has 1 aliphatic rings. The van der Waals surface area contributed by atoms with Gasteiger partial charge in [-0.25, -0.2) is 4.67 Å². The zero-order valence-electron chi connectivity index (χ0n) is 11.7. The van der Waals surface area contributed by atoms with E-state index in [2.05, 4.69) is 53.1 Å². The van der Waals surface area contributed by atoms with Gasteiger partial charge in [0.25, 0.3) is 8.53 Å². The molecule has 1 heterocycles. The van der Waals surface area contributed by atoms with E-state index in [9.17, 15) is 0 Å². The molecule has 0 aliphatic carbocycles. The molecule has 0 spiro atoms. The lowest BCUT2D eigenvalue weighted by molar-refractivity contribution is -0.00359. The van der Waals surface area contributed by atoms with Crippen molar-refractivity contribution in [2.24, 2.45) is 0 Å². The summed E-state index contributed by atoms with van der Waals surface area (Å²) in [5.41, 5.74) is -0.214. The number of hydrogen-bond acceptors (Lipinski definition) is 3. The maximum Gasteiger partial charge on any atom is 0.260 e. The van der Waals surface area contributed by atoms with Crippen LogP contribution in [0.4, 0.5) is 0 Å². The van der Waals surface area contributed by atoms with E-state index in [1.54, 1.807) is 0 Å². The first-order valence-corrected chi connectivity index (χ1v) is 7.22. The van der Waals surface area contributed by atoms with E-state index in [0.717, 1.165) is 13.0 Å². The van der Waals surface area contributed by atoms with Gasteiger partial charge in [-0.2, -0.15) is 0 Å². The second kappa shape index (κ2) is 4.89. The van der Waals surface area contributed by atoms with E-state index in [1.165, 1.54) is 0 Å². The molecule has 2 unspecified atom stereocenters. The Balaban J connectivity index is 2.77. The molecule has 0 aromatic carbocycles. The summed E-state index contributed by atoms with van der Waals surface area (Å²) in [5, 5.41) is 0. The molecule has 96 valence electrons. The minimum Gasteiger partial charge on any atom is -0.316 e. The molecule has 2 atom stereocenters. The normalized spacial score (nSPS) is 31.7. The van der Waals surface area contributed by atoms with Crippen LogP contribution in [0.5, 0.6) is 0 Å². The molecular weight excluding hydrogens is 221 g/mol. The van der Waals surface area contributed by atoms with Crippen LogP contribution in [0.15, 0.2) is 0 Å². The monoisotopic (exact) mass is 247 g/mol. The third-order valence-corrected chi connectivity index (χ3v) is 4.96. The van der Waals surface area contributed by atoms with Crippen molar-refractivity contribution < 1.29 is 9.05 Å². The van der Waals surface area contributed by atoms with Gasteiger partial charge in [-0.05, 0) is 48.0 Å². The van der Waals surface area contributed by atoms with Gasteiger partial charge in [-0.3, -0.25) is 0 Å². The van der Waals surface area contributed by atoms with Crippen molar-refractivity contribution in [3.63, 3.8) is 0 Å². The molecule has 0 aromatic rings. The quantitative estimate of drug-likeness (QED) is 0.690. The molecule has 1 fully saturated rings. The van der Waals surface area contributed by atoms with Crippen molar-refractivity contribution in [3.05, 3.63) is 0 Å². The Labute approximate surface area is 101 Å². The molecule has 1 rings (SSSR count). The number of rotatable bonds is 2. The topological polar surface area (TPSA) is 21.7 Å². The van der Waals surface area contributed by atoms with E-state index >= 15 is 0 Å². The van der Waals surface area contributed by atoms with Gasteiger partial charge in [-0.1, -0.05) is 6.92 Å². The first kappa shape index (κ1) is 14.4. The average Bonchev–Trinajstić information content (AvgIpc) is 1.97. The Bertz CT molecular complexity index is 236. The maximum absolute atomic E-state index is 6.09. The molecule has 0 N–H and O–H groups in total. The zero-order chi connectivity index (χ0) is 12.6. The first-order chi connectivity index (χ1) is 7.14. The van der Waals surface area contributed by atoms with E-state index in [1.807, 2.05) is 0 Å². The summed E-state index contributed by atoms with van der Waals surface area (Å²) in [4.78, 5) is 0. The fourth-order valence-corrected chi connectivity index (χ4v) is 3.86. The molecule has 0 radical (unpaired) electrons. The molecule has 0 bridgehead atoms. The van der Waals surface area contributed by atoms with Crippen LogP contribution in [0.1, 0.15) is 54.9 Å². The summed E-state index contributed by atoms with van der Waals surface area (Å²) in [7, 11) is -0.917. The molecule has 1 saturated heterocycles. The fourth-order valence-electron chi connectivity index (χ4n) is 2.01. The Hall–Kier alpha value is 0.310. The largest absolute Gasteiger partial charge is 0.316 e. The summed E-state index contributed by atoms with van der Waals surface area (Å²) in [6.45, 7) is 16.0. The Morgan fingerprint density at radius 1 is 1.44 bits per heavy atom. The van der Waals surface area contributed by atoms with Gasteiger partial charge in [0, 0.05) is 12.6 Å². The third-order valence-electron chi connectivity index (χ3n) is 2.51. The van der Waals surface area contributed by atoms with Crippen LogP contribution in [0.3, 0.4) is 0 Å². The van der Waals surface area contributed by atoms with Crippen LogP contribution >= 0.6 is 8.53 Å². The van der Waals surface area contributed by atoms with Gasteiger partial charge in [0.1, 0.15) is 0 Å². The number of hydrogen-bond donors (Lipinski definition) is 0. The SMILES string of the molecule is CCN1C(C)CC(C)(C)OP1OC(C)(C)C. The van der Waals surface area contributed by atoms with Crippen LogP contribution in [0.2, 0.25) is 0 Å². The van der Waals surface area contributed by atoms with Crippen molar-refractivity contribution in [1.82, 2.24) is 4.67 Å². The maximum atomic E-state index is 6.09. The van der Waals surface area contributed by atoms with Crippen LogP contribution in [-0.2, 0) is 9.05 Å². The van der Waals surface area contributed by atoms with Gasteiger partial charge in [0.2, 0.25) is 0 Å². The minimum absolute atomic E-state index is 0.0674. The Kier molecular flexibility index (Phi) is 4.40. The zero-order valence-corrected chi connectivity index (χ0v) is 12.6. The minimum atomic E-state index is -0.917. The molecule has 0 saturated carbocycles. The molecule has 0 aromatic heterocycles. The molecule has 4 heteroatoms. The van der Waals surface area contributed by atoms with Crippen molar-refractivity contribution >= 4 is 8.53 Å². The summed E-state index contributed by atoms with van der Waals surface area (Å²) in [6, 6.07) is 0.530. The van der Waals surface area contributed by atoms with Gasteiger partial charge >= 0.3 is 0 Å². The highest BCUT2D eigenvalue weighted by molar-refractivity contribution is 7.44. The van der Waals surface area contributed by atoms with Crippen molar-refractivity contribution in [1.29, 1.82) is 0 Å². The highest BCUT2D eigenvalue weighted by Gasteiger charge is 2.41. The Morgan fingerprint density at radius 3 is 2.44 bits per heavy atom. The lowest BCUT2D eigenvalue weighted by Gasteiger charge is -2.46. The summed E-state index contributed by atoms with van der Waals surface area (Å²) in [6.07, 6.45) is 1.06. The summed E-state index contributed by atoms with van der Waals surface area (Å²) >= 11 is 0. The van der Waals surface area contributed by atoms with Gasteiger partial charge in [-0.15, -0.1) is 0 Å². The molecule has 0 amide bonds. The summed E-state index contributed by atoms with van der Waals surface area (Å²) in [5.74, 6) is 0. The van der Waals surface area contributed by atoms with Gasteiger partial charge in [0.05, 0.1) is 11.2 Å². The second-order valence-corrected chi connectivity index (χ2v) is 7.46. The predicted octanol–water partition coefficient (Wildman–Crippen LogP) is 3.94. The van der Waals surface area contributed by atoms with Crippen LogP contribution in [0.25, 0.3) is 0 Å². The first-order valence-electron chi connectivity index (χ1n) is 6.09. The lowest BCUT2D eigenvalue weighted by Crippen LogP contribution is -2.44. The van der Waals surface area contributed by atoms with Crippen molar-refractivity contribution in [2.75, 3.05) is 6.54 Å². The van der Waals surface area contributed by atoms with Crippen molar-refractivity contribution in [3.8, 4) is 0 Å². The fraction of sp³-hybridized carbons (Fsp3) is 1.00. The van der Waals surface area contributed by atoms with Crippen molar-refractivity contribution in [2.45, 2.75) is 72.1 Å². The molecule has 1 aliphatic heterocycles. The standard InChI is InChI=1S/C12H26NO2P/c1-8-13-10(2)9-12(6,7)15-16(13)14-11(3,4)5/h10H,8-9H2,1-7H3. The third kappa shape index (κ3) is 3.96. The van der Waals surface area contributed by atoms with E-state index in [-0.39, 0.29) is 11.2 Å². The van der Waals surface area contributed by atoms with E-state index in [0.29, 0.717) is 6.04 Å². The predicted molar refractivity (Wildman–Crippen MR) is 69.4 cm³/mol. The van der Waals surface area contributed by atoms with Gasteiger partial charge < -0.3 is 9.05 Å². The summed E-state index contributed by atoms with van der Waals surface area (Å²) < 4.78 is 14.5. The van der Waals surface area contributed by atoms with Gasteiger partial charge in [0.15, 0.2) is 0 Å². The molecule has 16 heavy (non-hydrogen) atoms. The highest BCUT2D eigenvalue weighted by Crippen LogP contribution is 2.55. The Morgan fingerprint density at radius 2 is 2.00 bits per heavy atom. The highest BCUT2D eigenvalue weighted by atomic mass is 31.2. The van der Waals surface area contributed by atoms with Crippen LogP contribution in [-0.4, -0.2) is 28.5 Å². The molecular formula is C12H26NO2P. The van der Waals surface area contributed by atoms with Crippen LogP contribution in [0, 0.1) is 0 Å². The van der Waals surface area contributed by atoms with E-state index in [4.69, 9.17) is 9.05 Å². The smallest absolute Gasteiger partial charge is 0.260 e. The molecule has 3 nitrogen and oxygen atoms in total. The average molecular weight is 247 g/mol. The number of nitrogens with zero attached hydrogens (tertiary/aromatic N) is 1. The van der Waals surface area contributed by atoms with Crippen LogP contribution < -0.4 is 0 Å². The van der Waals surface area contributed by atoms with E-state index < -0.39 is 8.53 Å².